The Kier molecular flexibility index (Phi) is 7.27. The molecule has 10 heteroatoms. The van der Waals surface area contributed by atoms with Crippen LogP contribution in [-0.4, -0.2) is 50.5 Å². The van der Waals surface area contributed by atoms with Crippen molar-refractivity contribution >= 4 is 23.5 Å². The van der Waals surface area contributed by atoms with E-state index in [0.29, 0.717) is 5.69 Å². The molecule has 1 aromatic rings. The van der Waals surface area contributed by atoms with Gasteiger partial charge in [-0.25, -0.2) is 9.59 Å². The van der Waals surface area contributed by atoms with Gasteiger partial charge in [0.2, 0.25) is 0 Å². The lowest BCUT2D eigenvalue weighted by molar-refractivity contribution is -0.384. The highest BCUT2D eigenvalue weighted by atomic mass is 16.7. The molecule has 0 spiro atoms. The summed E-state index contributed by atoms with van der Waals surface area (Å²) in [6, 6.07) is 3.71. The van der Waals surface area contributed by atoms with E-state index in [-0.39, 0.29) is 37.6 Å². The third kappa shape index (κ3) is 5.79. The number of hydrogen-bond acceptors (Lipinski definition) is 9. The van der Waals surface area contributed by atoms with Crippen molar-refractivity contribution in [1.82, 2.24) is 0 Å². The Morgan fingerprint density at radius 3 is 2.65 bits per heavy atom. The molecule has 3 N–H and O–H groups in total. The third-order valence-corrected chi connectivity index (χ3v) is 2.59. The first-order valence-electron chi connectivity index (χ1n) is 6.59. The number of carbonyl (C=O) groups excluding carboxylic acids is 2. The Balaban J connectivity index is 2.81. The molecule has 0 saturated carbocycles. The minimum Gasteiger partial charge on any atom is -0.461 e. The average Bonchev–Trinajstić information content (AvgIpc) is 2.56. The lowest BCUT2D eigenvalue weighted by atomic mass is 10.1. The molecule has 0 saturated heterocycles. The number of esters is 1. The number of ether oxygens (including phenoxy) is 3. The summed E-state index contributed by atoms with van der Waals surface area (Å²) < 4.78 is 13.9. The van der Waals surface area contributed by atoms with Gasteiger partial charge in [-0.15, -0.1) is 0 Å². The first-order chi connectivity index (χ1) is 11.0. The molecule has 0 atom stereocenters. The summed E-state index contributed by atoms with van der Waals surface area (Å²) in [5, 5.41) is 13.6. The first-order valence-corrected chi connectivity index (χ1v) is 6.59. The molecule has 126 valence electrons. The van der Waals surface area contributed by atoms with Crippen LogP contribution in [0, 0.1) is 10.1 Å². The first kappa shape index (κ1) is 18.2. The second-order valence-corrected chi connectivity index (χ2v) is 4.14. The highest BCUT2D eigenvalue weighted by molar-refractivity contribution is 5.96. The predicted molar refractivity (Wildman–Crippen MR) is 79.3 cm³/mol. The maximum atomic E-state index is 11.9. The Bertz CT molecular complexity index is 577. The van der Waals surface area contributed by atoms with Gasteiger partial charge < -0.3 is 25.3 Å². The van der Waals surface area contributed by atoms with Crippen LogP contribution >= 0.6 is 0 Å². The van der Waals surface area contributed by atoms with Gasteiger partial charge in [-0.3, -0.25) is 10.1 Å². The Labute approximate surface area is 131 Å². The van der Waals surface area contributed by atoms with E-state index in [1.54, 1.807) is 0 Å². The van der Waals surface area contributed by atoms with Gasteiger partial charge in [0.1, 0.15) is 13.2 Å². The Morgan fingerprint density at radius 2 is 2.04 bits per heavy atom. The monoisotopic (exact) mass is 327 g/mol. The van der Waals surface area contributed by atoms with E-state index >= 15 is 0 Å². The summed E-state index contributed by atoms with van der Waals surface area (Å²) in [5.74, 6) is -0.740. The van der Waals surface area contributed by atoms with E-state index in [1.165, 1.54) is 19.2 Å². The van der Waals surface area contributed by atoms with Crippen LogP contribution in [0.5, 0.6) is 0 Å². The lowest BCUT2D eigenvalue weighted by Gasteiger charge is -2.11. The SMILES string of the molecule is COC(=O)OCCNc1ccc([N+](=O)[O-])cc1C(=O)OCCN. The fourth-order valence-electron chi connectivity index (χ4n) is 1.58. The highest BCUT2D eigenvalue weighted by Crippen LogP contribution is 2.23. The van der Waals surface area contributed by atoms with Crippen molar-refractivity contribution in [1.29, 1.82) is 0 Å². The number of rotatable bonds is 8. The topological polar surface area (TPSA) is 143 Å². The van der Waals surface area contributed by atoms with Crippen LogP contribution in [0.25, 0.3) is 0 Å². The van der Waals surface area contributed by atoms with Crippen LogP contribution in [-0.2, 0) is 14.2 Å². The van der Waals surface area contributed by atoms with Gasteiger partial charge in [0, 0.05) is 30.9 Å². The molecule has 0 heterocycles. The molecule has 0 unspecified atom stereocenters. The number of nitro benzene ring substituents is 1. The van der Waals surface area contributed by atoms with Crippen molar-refractivity contribution in [2.75, 3.05) is 38.7 Å². The number of benzene rings is 1. The van der Waals surface area contributed by atoms with Crippen LogP contribution < -0.4 is 11.1 Å². The number of nitrogens with two attached hydrogens (primary N) is 1. The molecule has 0 bridgehead atoms. The van der Waals surface area contributed by atoms with Gasteiger partial charge in [0.15, 0.2) is 0 Å². The van der Waals surface area contributed by atoms with E-state index in [1.807, 2.05) is 0 Å². The normalized spacial score (nSPS) is 9.83. The number of nitrogens with one attached hydrogen (secondary N) is 1. The largest absolute Gasteiger partial charge is 0.508 e. The Hall–Kier alpha value is -2.88. The fraction of sp³-hybridized carbons (Fsp3) is 0.385. The van der Waals surface area contributed by atoms with Crippen molar-refractivity contribution in [3.05, 3.63) is 33.9 Å². The van der Waals surface area contributed by atoms with Gasteiger partial charge in [0.25, 0.3) is 5.69 Å². The minimum atomic E-state index is -0.835. The smallest absolute Gasteiger partial charge is 0.461 e. The third-order valence-electron chi connectivity index (χ3n) is 2.59. The van der Waals surface area contributed by atoms with Crippen LogP contribution in [0.1, 0.15) is 10.4 Å². The van der Waals surface area contributed by atoms with Crippen LogP contribution in [0.2, 0.25) is 0 Å². The zero-order chi connectivity index (χ0) is 17.2. The molecule has 0 fully saturated rings. The standard InChI is InChI=1S/C13H17N3O7/c1-21-13(18)23-7-5-15-11-3-2-9(16(19)20)8-10(11)12(17)22-6-4-14/h2-3,8,15H,4-7,14H2,1H3. The van der Waals surface area contributed by atoms with Gasteiger partial charge in [-0.2, -0.15) is 0 Å². The fourth-order valence-corrected chi connectivity index (χ4v) is 1.58. The molecular weight excluding hydrogens is 310 g/mol. The maximum Gasteiger partial charge on any atom is 0.508 e. The molecule has 1 aromatic carbocycles. The van der Waals surface area contributed by atoms with Crippen molar-refractivity contribution in [2.24, 2.45) is 5.73 Å². The van der Waals surface area contributed by atoms with Crippen LogP contribution in [0.15, 0.2) is 18.2 Å². The number of non-ortho nitro benzene ring substituents is 1. The molecular formula is C13H17N3O7. The summed E-state index contributed by atoms with van der Waals surface area (Å²) in [4.78, 5) is 32.9. The summed E-state index contributed by atoms with van der Waals surface area (Å²) in [7, 11) is 1.18. The van der Waals surface area contributed by atoms with Gasteiger partial charge in [-0.05, 0) is 6.07 Å². The highest BCUT2D eigenvalue weighted by Gasteiger charge is 2.18. The summed E-state index contributed by atoms with van der Waals surface area (Å²) in [6.07, 6.45) is -0.835. The van der Waals surface area contributed by atoms with Gasteiger partial charge in [0.05, 0.1) is 17.6 Å². The van der Waals surface area contributed by atoms with E-state index in [2.05, 4.69) is 14.8 Å². The quantitative estimate of drug-likeness (QED) is 0.308. The average molecular weight is 327 g/mol. The number of carbonyl (C=O) groups is 2. The molecule has 0 amide bonds. The van der Waals surface area contributed by atoms with Gasteiger partial charge >= 0.3 is 12.1 Å². The van der Waals surface area contributed by atoms with Gasteiger partial charge in [-0.1, -0.05) is 0 Å². The number of methoxy groups -OCH3 is 1. The number of nitro groups is 1. The zero-order valence-electron chi connectivity index (χ0n) is 12.4. The number of hydrogen-bond donors (Lipinski definition) is 2. The van der Waals surface area contributed by atoms with Crippen molar-refractivity contribution in [2.45, 2.75) is 0 Å². The van der Waals surface area contributed by atoms with Crippen molar-refractivity contribution < 1.29 is 28.7 Å². The number of anilines is 1. The summed E-state index contributed by atoms with van der Waals surface area (Å²) in [6.45, 7) is 0.286. The van der Waals surface area contributed by atoms with Crippen molar-refractivity contribution in [3.8, 4) is 0 Å². The molecule has 1 rings (SSSR count). The summed E-state index contributed by atoms with van der Waals surface area (Å²) >= 11 is 0. The zero-order valence-corrected chi connectivity index (χ0v) is 12.4. The second-order valence-electron chi connectivity index (χ2n) is 4.14. The van der Waals surface area contributed by atoms with Crippen LogP contribution in [0.4, 0.5) is 16.2 Å². The summed E-state index contributed by atoms with van der Waals surface area (Å²) in [5.41, 5.74) is 5.30. The number of nitrogens with zero attached hydrogens (tertiary/aromatic N) is 1. The lowest BCUT2D eigenvalue weighted by Crippen LogP contribution is -2.18. The Morgan fingerprint density at radius 1 is 1.30 bits per heavy atom. The molecule has 0 aromatic heterocycles. The molecule has 23 heavy (non-hydrogen) atoms. The maximum absolute atomic E-state index is 11.9. The second kappa shape index (κ2) is 9.20. The molecule has 0 aliphatic heterocycles. The van der Waals surface area contributed by atoms with E-state index in [0.717, 1.165) is 6.07 Å². The molecule has 10 nitrogen and oxygen atoms in total. The van der Waals surface area contributed by atoms with E-state index in [4.69, 9.17) is 10.5 Å². The van der Waals surface area contributed by atoms with Crippen LogP contribution in [0.3, 0.4) is 0 Å². The molecule has 0 aliphatic rings. The predicted octanol–water partition coefficient (Wildman–Crippen LogP) is 0.905. The van der Waals surface area contributed by atoms with E-state index in [9.17, 15) is 19.7 Å². The molecule has 0 radical (unpaired) electrons. The minimum absolute atomic E-state index is 0.00752. The van der Waals surface area contributed by atoms with Crippen molar-refractivity contribution in [3.63, 3.8) is 0 Å². The van der Waals surface area contributed by atoms with E-state index < -0.39 is 17.0 Å². The molecule has 0 aliphatic carbocycles.